The minimum atomic E-state index is -2.49. The molecule has 0 aliphatic carbocycles. The van der Waals surface area contributed by atoms with Gasteiger partial charge in [0.05, 0.1) is 0 Å². The van der Waals surface area contributed by atoms with E-state index in [-0.39, 0.29) is 5.78 Å². The van der Waals surface area contributed by atoms with E-state index in [0.717, 1.165) is 5.56 Å². The highest BCUT2D eigenvalue weighted by Gasteiger charge is 2.49. The van der Waals surface area contributed by atoms with Crippen molar-refractivity contribution in [2.75, 3.05) is 6.16 Å². The second kappa shape index (κ2) is 10.2. The largest absolute Gasteiger partial charge is 0.290 e. The molecular weight excluding hydrogens is 503 g/mol. The first-order valence-corrected chi connectivity index (χ1v) is 15.6. The number of carbonyl (C=O) groups is 1. The highest BCUT2D eigenvalue weighted by molar-refractivity contribution is 7.97. The van der Waals surface area contributed by atoms with Crippen LogP contribution in [0.15, 0.2) is 158 Å². The van der Waals surface area contributed by atoms with Crippen LogP contribution in [0.25, 0.3) is 32.3 Å². The van der Waals surface area contributed by atoms with Gasteiger partial charge in [0.25, 0.3) is 0 Å². The molecule has 0 spiro atoms. The molecule has 2 heteroatoms. The van der Waals surface area contributed by atoms with Crippen molar-refractivity contribution < 1.29 is 4.79 Å². The fourth-order valence-electron chi connectivity index (χ4n) is 6.11. The molecule has 0 N–H and O–H groups in total. The maximum Gasteiger partial charge on any atom is 0.201 e. The standard InChI is InChI=1S/C38H28OP/c39-37(28-14-4-1-5-15-28)27-40(33-19-6-2-7-20-33,34-21-8-3-9-22-34)38-35-23-13-12-18-31(35)25-32-24-29-16-10-11-17-30(29)26-36(32)38/h1-26H,27H2/q+1. The maximum absolute atomic E-state index is 14.3. The predicted octanol–water partition coefficient (Wildman–Crippen LogP) is 8.32. The Morgan fingerprint density at radius 3 is 1.55 bits per heavy atom. The van der Waals surface area contributed by atoms with E-state index in [4.69, 9.17) is 0 Å². The van der Waals surface area contributed by atoms with E-state index in [1.807, 2.05) is 30.3 Å². The maximum atomic E-state index is 14.3. The zero-order chi connectivity index (χ0) is 26.9. The molecule has 1 nitrogen and oxygen atoms in total. The summed E-state index contributed by atoms with van der Waals surface area (Å²) in [5.74, 6) is 0.170. The fraction of sp³-hybridized carbons (Fsp3) is 0.0263. The fourth-order valence-corrected chi connectivity index (χ4v) is 10.6. The van der Waals surface area contributed by atoms with E-state index in [9.17, 15) is 4.79 Å². The summed E-state index contributed by atoms with van der Waals surface area (Å²) >= 11 is 0. The average Bonchev–Trinajstić information content (AvgIpc) is 3.03. The van der Waals surface area contributed by atoms with E-state index in [0.29, 0.717) is 6.16 Å². The molecule has 7 aromatic rings. The summed E-state index contributed by atoms with van der Waals surface area (Å²) in [6.45, 7) is 0. The SMILES string of the molecule is O=C(C[P+](c1ccccc1)(c1ccccc1)c1c2ccccc2cc2cc3ccccc3cc12)c1ccccc1. The monoisotopic (exact) mass is 531 g/mol. The van der Waals surface area contributed by atoms with Crippen LogP contribution >= 0.6 is 7.26 Å². The van der Waals surface area contributed by atoms with Crippen LogP contribution in [0.4, 0.5) is 0 Å². The average molecular weight is 532 g/mol. The number of benzene rings is 7. The normalized spacial score (nSPS) is 11.7. The van der Waals surface area contributed by atoms with Gasteiger partial charge in [0.1, 0.15) is 29.3 Å². The number of rotatable bonds is 6. The van der Waals surface area contributed by atoms with Gasteiger partial charge in [-0.05, 0) is 64.0 Å². The molecule has 0 aliphatic heterocycles. The highest BCUT2D eigenvalue weighted by Crippen LogP contribution is 2.58. The molecule has 0 aliphatic rings. The van der Waals surface area contributed by atoms with Gasteiger partial charge >= 0.3 is 0 Å². The Bertz CT molecular complexity index is 1930. The number of hydrogen-bond acceptors (Lipinski definition) is 1. The number of ketones is 1. The third-order valence-electron chi connectivity index (χ3n) is 7.95. The minimum absolute atomic E-state index is 0.170. The van der Waals surface area contributed by atoms with Crippen molar-refractivity contribution >= 4 is 61.3 Å². The first-order valence-electron chi connectivity index (χ1n) is 13.7. The highest BCUT2D eigenvalue weighted by atomic mass is 31.2. The molecule has 0 bridgehead atoms. The van der Waals surface area contributed by atoms with Crippen molar-refractivity contribution in [1.29, 1.82) is 0 Å². The molecule has 0 heterocycles. The lowest BCUT2D eigenvalue weighted by atomic mass is 9.99. The summed E-state index contributed by atoms with van der Waals surface area (Å²) in [6, 6.07) is 55.5. The van der Waals surface area contributed by atoms with Gasteiger partial charge in [-0.2, -0.15) is 0 Å². The smallest absolute Gasteiger partial charge is 0.201 e. The van der Waals surface area contributed by atoms with Crippen LogP contribution < -0.4 is 15.9 Å². The summed E-state index contributed by atoms with van der Waals surface area (Å²) in [4.78, 5) is 14.3. The van der Waals surface area contributed by atoms with Gasteiger partial charge in [0, 0.05) is 16.3 Å². The second-order valence-corrected chi connectivity index (χ2v) is 13.7. The van der Waals surface area contributed by atoms with Crippen molar-refractivity contribution in [3.8, 4) is 0 Å². The summed E-state index contributed by atoms with van der Waals surface area (Å²) in [6.07, 6.45) is 0.418. The Kier molecular flexibility index (Phi) is 6.23. The molecule has 0 fully saturated rings. The number of carbonyl (C=O) groups excluding carboxylic acids is 1. The molecule has 190 valence electrons. The first kappa shape index (κ1) is 24.5. The summed E-state index contributed by atoms with van der Waals surface area (Å²) in [5, 5.41) is 11.0. The van der Waals surface area contributed by atoms with E-state index in [1.54, 1.807) is 0 Å². The number of hydrogen-bond donors (Lipinski definition) is 0. The summed E-state index contributed by atoms with van der Waals surface area (Å²) in [5.41, 5.74) is 0.758. The molecule has 0 aromatic heterocycles. The van der Waals surface area contributed by atoms with Crippen molar-refractivity contribution in [1.82, 2.24) is 0 Å². The van der Waals surface area contributed by atoms with Crippen LogP contribution in [-0.4, -0.2) is 11.9 Å². The number of Topliss-reactive ketones (excluding diaryl/α,β-unsaturated/α-hetero) is 1. The van der Waals surface area contributed by atoms with Gasteiger partial charge in [0.15, 0.2) is 0 Å². The Morgan fingerprint density at radius 2 is 0.925 bits per heavy atom. The quantitative estimate of drug-likeness (QED) is 0.120. The first-order chi connectivity index (χ1) is 19.7. The van der Waals surface area contributed by atoms with Gasteiger partial charge in [0.2, 0.25) is 5.78 Å². The molecule has 7 aromatic carbocycles. The Labute approximate surface area is 235 Å². The second-order valence-electron chi connectivity index (χ2n) is 10.3. The molecule has 0 unspecified atom stereocenters. The van der Waals surface area contributed by atoms with Crippen molar-refractivity contribution in [2.24, 2.45) is 0 Å². The third-order valence-corrected chi connectivity index (χ3v) is 12.3. The van der Waals surface area contributed by atoms with Crippen LogP contribution in [0, 0.1) is 0 Å². The van der Waals surface area contributed by atoms with E-state index >= 15 is 0 Å². The van der Waals surface area contributed by atoms with Crippen LogP contribution in [-0.2, 0) is 0 Å². The number of fused-ring (bicyclic) bond motifs is 3. The molecule has 0 atom stereocenters. The molecule has 0 amide bonds. The van der Waals surface area contributed by atoms with Crippen molar-refractivity contribution in [2.45, 2.75) is 0 Å². The van der Waals surface area contributed by atoms with Gasteiger partial charge < -0.3 is 0 Å². The van der Waals surface area contributed by atoms with Crippen LogP contribution in [0.5, 0.6) is 0 Å². The van der Waals surface area contributed by atoms with Gasteiger partial charge in [-0.25, -0.2) is 0 Å². The van der Waals surface area contributed by atoms with E-state index in [1.165, 1.54) is 48.2 Å². The van der Waals surface area contributed by atoms with Gasteiger partial charge in [-0.3, -0.25) is 4.79 Å². The van der Waals surface area contributed by atoms with Gasteiger partial charge in [-0.1, -0.05) is 115 Å². The zero-order valence-corrected chi connectivity index (χ0v) is 23.0. The van der Waals surface area contributed by atoms with Gasteiger partial charge in [-0.15, -0.1) is 0 Å². The zero-order valence-electron chi connectivity index (χ0n) is 22.1. The lowest BCUT2D eigenvalue weighted by Crippen LogP contribution is -2.36. The molecule has 7 rings (SSSR count). The third kappa shape index (κ3) is 4.11. The van der Waals surface area contributed by atoms with Crippen LogP contribution in [0.2, 0.25) is 0 Å². The lowest BCUT2D eigenvalue weighted by molar-refractivity contribution is 0.102. The molecule has 40 heavy (non-hydrogen) atoms. The lowest BCUT2D eigenvalue weighted by Gasteiger charge is -2.29. The van der Waals surface area contributed by atoms with Crippen LogP contribution in [0.3, 0.4) is 0 Å². The Hall–Kier alpha value is -4.58. The molecular formula is C38H28OP+. The predicted molar refractivity (Wildman–Crippen MR) is 173 cm³/mol. The van der Waals surface area contributed by atoms with E-state index < -0.39 is 7.26 Å². The minimum Gasteiger partial charge on any atom is -0.290 e. The van der Waals surface area contributed by atoms with Crippen LogP contribution in [0.1, 0.15) is 10.4 Å². The van der Waals surface area contributed by atoms with Crippen molar-refractivity contribution in [3.63, 3.8) is 0 Å². The summed E-state index contributed by atoms with van der Waals surface area (Å²) < 4.78 is 0. The Balaban J connectivity index is 1.67. The van der Waals surface area contributed by atoms with Crippen molar-refractivity contribution in [3.05, 3.63) is 163 Å². The molecule has 0 saturated carbocycles. The molecule has 0 radical (unpaired) electrons. The van der Waals surface area contributed by atoms with E-state index in [2.05, 4.69) is 127 Å². The Morgan fingerprint density at radius 1 is 0.450 bits per heavy atom. The molecule has 0 saturated heterocycles. The summed E-state index contributed by atoms with van der Waals surface area (Å²) in [7, 11) is -2.49. The topological polar surface area (TPSA) is 17.1 Å².